The number of nitrogens with zero attached hydrogens (tertiary/aromatic N) is 1. The molecule has 3 aromatic carbocycles. The molecule has 8 heteroatoms. The second kappa shape index (κ2) is 8.41. The maximum absolute atomic E-state index is 13.3. The van der Waals surface area contributed by atoms with Crippen LogP contribution in [0.2, 0.25) is 15.1 Å². The zero-order valence-corrected chi connectivity index (χ0v) is 17.3. The first-order valence-electron chi connectivity index (χ1n) is 8.35. The molecule has 0 aliphatic rings. The van der Waals surface area contributed by atoms with E-state index >= 15 is 0 Å². The lowest BCUT2D eigenvalue weighted by Gasteiger charge is -2.33. The number of carbonyl (C=O) groups excluding carboxylic acids is 1. The van der Waals surface area contributed by atoms with Crippen LogP contribution in [0.1, 0.15) is 16.7 Å². The largest absolute Gasteiger partial charge is 0.468 e. The topological polar surface area (TPSA) is 69.4 Å². The van der Waals surface area contributed by atoms with E-state index in [9.17, 15) is 14.9 Å². The normalized spacial score (nSPS) is 11.2. The Kier molecular flexibility index (Phi) is 6.13. The summed E-state index contributed by atoms with van der Waals surface area (Å²) < 4.78 is 5.18. The summed E-state index contributed by atoms with van der Waals surface area (Å²) >= 11 is 18.2. The van der Waals surface area contributed by atoms with Gasteiger partial charge in [0.2, 0.25) is 0 Å². The van der Waals surface area contributed by atoms with E-state index in [4.69, 9.17) is 39.5 Å². The third kappa shape index (κ3) is 3.81. The Morgan fingerprint density at radius 3 is 1.69 bits per heavy atom. The van der Waals surface area contributed by atoms with Gasteiger partial charge in [-0.1, -0.05) is 65.1 Å². The number of benzene rings is 3. The van der Waals surface area contributed by atoms with Crippen molar-refractivity contribution in [3.8, 4) is 0 Å². The van der Waals surface area contributed by atoms with Gasteiger partial charge >= 0.3 is 5.97 Å². The van der Waals surface area contributed by atoms with Gasteiger partial charge in [0.25, 0.3) is 5.69 Å². The Bertz CT molecular complexity index is 1020. The van der Waals surface area contributed by atoms with Crippen LogP contribution in [-0.2, 0) is 14.9 Å². The molecule has 0 saturated carbocycles. The number of ether oxygens (including phenoxy) is 1. The van der Waals surface area contributed by atoms with Crippen LogP contribution in [-0.4, -0.2) is 18.0 Å². The fourth-order valence-electron chi connectivity index (χ4n) is 3.29. The van der Waals surface area contributed by atoms with Crippen molar-refractivity contribution in [1.29, 1.82) is 0 Å². The monoisotopic (exact) mass is 449 g/mol. The van der Waals surface area contributed by atoms with Crippen LogP contribution < -0.4 is 0 Å². The molecule has 0 aromatic heterocycles. The zero-order valence-electron chi connectivity index (χ0n) is 15.1. The molecular weight excluding hydrogens is 437 g/mol. The van der Waals surface area contributed by atoms with E-state index in [1.165, 1.54) is 25.3 Å². The van der Waals surface area contributed by atoms with Crippen LogP contribution in [0.15, 0.2) is 66.7 Å². The summed E-state index contributed by atoms with van der Waals surface area (Å²) in [4.78, 5) is 23.9. The number of methoxy groups -OCH3 is 1. The van der Waals surface area contributed by atoms with E-state index in [1.807, 2.05) is 0 Å². The molecule has 0 N–H and O–H groups in total. The molecule has 3 aromatic rings. The Morgan fingerprint density at radius 2 is 1.31 bits per heavy atom. The number of nitro benzene ring substituents is 1. The average molecular weight is 451 g/mol. The number of nitro groups is 1. The fraction of sp³-hybridized carbons (Fsp3) is 0.0952. The highest BCUT2D eigenvalue weighted by Crippen LogP contribution is 2.43. The van der Waals surface area contributed by atoms with Crippen molar-refractivity contribution in [1.82, 2.24) is 0 Å². The quantitative estimate of drug-likeness (QED) is 0.205. The second-order valence-electron chi connectivity index (χ2n) is 6.18. The molecule has 0 atom stereocenters. The van der Waals surface area contributed by atoms with Crippen LogP contribution in [0.5, 0.6) is 0 Å². The van der Waals surface area contributed by atoms with Gasteiger partial charge in [-0.15, -0.1) is 0 Å². The Balaban J connectivity index is 2.40. The zero-order chi connectivity index (χ0) is 21.2. The SMILES string of the molecule is COC(=O)C(c1ccc(Cl)cc1)(c1ccc(Cl)cc1)c1ccc([N+](=O)[O-])c(Cl)c1. The highest BCUT2D eigenvalue weighted by atomic mass is 35.5. The summed E-state index contributed by atoms with van der Waals surface area (Å²) in [6, 6.07) is 17.5. The summed E-state index contributed by atoms with van der Waals surface area (Å²) in [5.74, 6) is -0.591. The molecule has 0 aliphatic heterocycles. The van der Waals surface area contributed by atoms with Crippen LogP contribution in [0.25, 0.3) is 0 Å². The Labute approximate surface area is 181 Å². The van der Waals surface area contributed by atoms with Crippen molar-refractivity contribution in [2.75, 3.05) is 7.11 Å². The molecule has 0 bridgehead atoms. The van der Waals surface area contributed by atoms with Crippen LogP contribution in [0, 0.1) is 10.1 Å². The Hall–Kier alpha value is -2.60. The van der Waals surface area contributed by atoms with Crippen molar-refractivity contribution < 1.29 is 14.5 Å². The predicted molar refractivity (Wildman–Crippen MR) is 113 cm³/mol. The summed E-state index contributed by atoms with van der Waals surface area (Å²) in [7, 11) is 1.27. The van der Waals surface area contributed by atoms with Crippen molar-refractivity contribution in [2.24, 2.45) is 0 Å². The van der Waals surface area contributed by atoms with Gasteiger partial charge in [-0.2, -0.15) is 0 Å². The lowest BCUT2D eigenvalue weighted by Crippen LogP contribution is -2.39. The first-order chi connectivity index (χ1) is 13.8. The second-order valence-corrected chi connectivity index (χ2v) is 7.46. The van der Waals surface area contributed by atoms with Gasteiger partial charge in [0.05, 0.1) is 12.0 Å². The molecule has 0 unspecified atom stereocenters. The number of halogens is 3. The molecule has 0 spiro atoms. The third-order valence-electron chi connectivity index (χ3n) is 4.62. The Morgan fingerprint density at radius 1 is 0.862 bits per heavy atom. The highest BCUT2D eigenvalue weighted by Gasteiger charge is 2.45. The van der Waals surface area contributed by atoms with Gasteiger partial charge in [0.15, 0.2) is 0 Å². The number of carbonyl (C=O) groups is 1. The maximum atomic E-state index is 13.3. The first-order valence-corrected chi connectivity index (χ1v) is 9.49. The summed E-state index contributed by atoms with van der Waals surface area (Å²) in [5, 5.41) is 12.1. The molecule has 29 heavy (non-hydrogen) atoms. The molecule has 3 rings (SSSR count). The number of hydrogen-bond acceptors (Lipinski definition) is 4. The molecule has 0 fully saturated rings. The van der Waals surface area contributed by atoms with E-state index in [0.29, 0.717) is 26.7 Å². The van der Waals surface area contributed by atoms with E-state index in [-0.39, 0.29) is 10.7 Å². The van der Waals surface area contributed by atoms with Gasteiger partial charge in [0.1, 0.15) is 10.4 Å². The van der Waals surface area contributed by atoms with Gasteiger partial charge in [0, 0.05) is 16.1 Å². The molecule has 0 radical (unpaired) electrons. The van der Waals surface area contributed by atoms with Gasteiger partial charge in [-0.25, -0.2) is 0 Å². The fourth-order valence-corrected chi connectivity index (χ4v) is 3.80. The average Bonchev–Trinajstić information content (AvgIpc) is 2.70. The molecule has 148 valence electrons. The standard InChI is InChI=1S/C21H14Cl3NO4/c1-29-20(26)21(13-2-7-16(22)8-3-13,14-4-9-17(23)10-5-14)15-6-11-19(25(27)28)18(24)12-15/h2-12H,1H3. The van der Waals surface area contributed by atoms with Crippen LogP contribution in [0.3, 0.4) is 0 Å². The van der Waals surface area contributed by atoms with Crippen molar-refractivity contribution in [3.63, 3.8) is 0 Å². The number of rotatable bonds is 5. The van der Waals surface area contributed by atoms with E-state index in [2.05, 4.69) is 0 Å². The lowest BCUT2D eigenvalue weighted by atomic mass is 9.69. The summed E-state index contributed by atoms with van der Waals surface area (Å²) in [6.07, 6.45) is 0. The maximum Gasteiger partial charge on any atom is 0.325 e. The van der Waals surface area contributed by atoms with E-state index in [0.717, 1.165) is 0 Å². The number of esters is 1. The van der Waals surface area contributed by atoms with E-state index < -0.39 is 16.3 Å². The third-order valence-corrected chi connectivity index (χ3v) is 5.43. The smallest absolute Gasteiger partial charge is 0.325 e. The van der Waals surface area contributed by atoms with E-state index in [1.54, 1.807) is 48.5 Å². The molecule has 0 aliphatic carbocycles. The minimum absolute atomic E-state index is 0.0938. The predicted octanol–water partition coefficient (Wildman–Crippen LogP) is 6.06. The van der Waals surface area contributed by atoms with Gasteiger partial charge in [-0.05, 0) is 47.0 Å². The van der Waals surface area contributed by atoms with Gasteiger partial charge < -0.3 is 4.74 Å². The molecule has 5 nitrogen and oxygen atoms in total. The minimum atomic E-state index is -1.44. The summed E-state index contributed by atoms with van der Waals surface area (Å²) in [6.45, 7) is 0. The van der Waals surface area contributed by atoms with Crippen LogP contribution >= 0.6 is 34.8 Å². The number of hydrogen-bond donors (Lipinski definition) is 0. The molecule has 0 heterocycles. The first kappa shape index (κ1) is 21.1. The van der Waals surface area contributed by atoms with Crippen LogP contribution in [0.4, 0.5) is 5.69 Å². The minimum Gasteiger partial charge on any atom is -0.468 e. The van der Waals surface area contributed by atoms with Crippen molar-refractivity contribution in [3.05, 3.63) is 109 Å². The molecule has 0 amide bonds. The summed E-state index contributed by atoms with van der Waals surface area (Å²) in [5.41, 5.74) is -0.184. The highest BCUT2D eigenvalue weighted by molar-refractivity contribution is 6.32. The molecular formula is C21H14Cl3NO4. The van der Waals surface area contributed by atoms with Crippen molar-refractivity contribution >= 4 is 46.5 Å². The van der Waals surface area contributed by atoms with Gasteiger partial charge in [-0.3, -0.25) is 14.9 Å². The molecule has 0 saturated heterocycles. The lowest BCUT2D eigenvalue weighted by molar-refractivity contribution is -0.384. The van der Waals surface area contributed by atoms with Crippen molar-refractivity contribution in [2.45, 2.75) is 5.41 Å².